The van der Waals surface area contributed by atoms with E-state index in [1.165, 1.54) is 10.9 Å². The Morgan fingerprint density at radius 1 is 1.21 bits per heavy atom. The zero-order valence-electron chi connectivity index (χ0n) is 11.1. The minimum Gasteiger partial charge on any atom is -0.326 e. The molecule has 1 fully saturated rings. The second-order valence-electron chi connectivity index (χ2n) is 5.24. The van der Waals surface area contributed by atoms with E-state index in [1.807, 2.05) is 12.1 Å². The van der Waals surface area contributed by atoms with Crippen LogP contribution in [-0.4, -0.2) is 19.0 Å². The highest BCUT2D eigenvalue weighted by Crippen LogP contribution is 2.21. The topological polar surface area (TPSA) is 41.1 Å². The van der Waals surface area contributed by atoms with E-state index >= 15 is 0 Å². The monoisotopic (exact) mass is 254 g/mol. The van der Waals surface area contributed by atoms with Crippen molar-refractivity contribution < 1.29 is 4.79 Å². The van der Waals surface area contributed by atoms with E-state index < -0.39 is 0 Å². The Hall–Kier alpha value is -1.87. The highest BCUT2D eigenvalue weighted by Gasteiger charge is 2.22. The van der Waals surface area contributed by atoms with Crippen LogP contribution in [0.25, 0.3) is 10.8 Å². The standard InChI is InChI=1S/C16H18N2O/c1-11-2-3-13-9-15(5-4-12(13)8-11)18-16(19)14-6-7-17-10-14/h2-5,8-9,14,17H,6-7,10H2,1H3,(H,18,19). The van der Waals surface area contributed by atoms with Gasteiger partial charge in [-0.15, -0.1) is 0 Å². The maximum Gasteiger partial charge on any atom is 0.228 e. The molecular weight excluding hydrogens is 236 g/mol. The van der Waals surface area contributed by atoms with Crippen LogP contribution in [0, 0.1) is 12.8 Å². The van der Waals surface area contributed by atoms with Crippen molar-refractivity contribution in [2.45, 2.75) is 13.3 Å². The Labute approximate surface area is 113 Å². The van der Waals surface area contributed by atoms with Crippen molar-refractivity contribution in [2.75, 3.05) is 18.4 Å². The summed E-state index contributed by atoms with van der Waals surface area (Å²) in [5.41, 5.74) is 2.13. The lowest BCUT2D eigenvalue weighted by molar-refractivity contribution is -0.119. The molecule has 0 spiro atoms. The molecule has 0 aliphatic carbocycles. The number of hydrogen-bond acceptors (Lipinski definition) is 2. The summed E-state index contributed by atoms with van der Waals surface area (Å²) < 4.78 is 0. The molecule has 1 unspecified atom stereocenters. The van der Waals surface area contributed by atoms with Crippen molar-refractivity contribution >= 4 is 22.4 Å². The summed E-state index contributed by atoms with van der Waals surface area (Å²) in [6.45, 7) is 3.82. The van der Waals surface area contributed by atoms with Crippen molar-refractivity contribution in [3.8, 4) is 0 Å². The average Bonchev–Trinajstić information content (AvgIpc) is 2.93. The summed E-state index contributed by atoms with van der Waals surface area (Å²) in [5, 5.41) is 8.59. The number of aryl methyl sites for hydroxylation is 1. The van der Waals surface area contributed by atoms with Gasteiger partial charge in [0.15, 0.2) is 0 Å². The predicted molar refractivity (Wildman–Crippen MR) is 78.3 cm³/mol. The van der Waals surface area contributed by atoms with E-state index in [9.17, 15) is 4.79 Å². The van der Waals surface area contributed by atoms with Crippen LogP contribution in [0.2, 0.25) is 0 Å². The van der Waals surface area contributed by atoms with E-state index in [2.05, 4.69) is 41.8 Å². The Kier molecular flexibility index (Phi) is 3.22. The average molecular weight is 254 g/mol. The van der Waals surface area contributed by atoms with Gasteiger partial charge >= 0.3 is 0 Å². The lowest BCUT2D eigenvalue weighted by atomic mass is 10.1. The molecule has 1 amide bonds. The molecule has 0 saturated carbocycles. The molecule has 2 aromatic rings. The number of hydrogen-bond donors (Lipinski definition) is 2. The third-order valence-electron chi connectivity index (χ3n) is 3.69. The van der Waals surface area contributed by atoms with Gasteiger partial charge in [0, 0.05) is 12.2 Å². The van der Waals surface area contributed by atoms with Gasteiger partial charge < -0.3 is 10.6 Å². The Morgan fingerprint density at radius 3 is 2.79 bits per heavy atom. The molecule has 0 aromatic heterocycles. The molecule has 19 heavy (non-hydrogen) atoms. The Morgan fingerprint density at radius 2 is 2.00 bits per heavy atom. The van der Waals surface area contributed by atoms with Crippen LogP contribution in [0.4, 0.5) is 5.69 Å². The first-order chi connectivity index (χ1) is 9.22. The van der Waals surface area contributed by atoms with Gasteiger partial charge in [0.25, 0.3) is 0 Å². The second-order valence-corrected chi connectivity index (χ2v) is 5.24. The number of carbonyl (C=O) groups excluding carboxylic acids is 1. The van der Waals surface area contributed by atoms with Crippen LogP contribution in [-0.2, 0) is 4.79 Å². The van der Waals surface area contributed by atoms with E-state index in [0.717, 1.165) is 30.6 Å². The normalized spacial score (nSPS) is 18.7. The number of rotatable bonds is 2. The summed E-state index contributed by atoms with van der Waals surface area (Å²) in [7, 11) is 0. The molecule has 3 nitrogen and oxygen atoms in total. The SMILES string of the molecule is Cc1ccc2cc(NC(=O)C3CCNC3)ccc2c1. The van der Waals surface area contributed by atoms with Crippen LogP contribution in [0.5, 0.6) is 0 Å². The van der Waals surface area contributed by atoms with Crippen LogP contribution in [0.15, 0.2) is 36.4 Å². The lowest BCUT2D eigenvalue weighted by Crippen LogP contribution is -2.24. The van der Waals surface area contributed by atoms with Crippen molar-refractivity contribution in [2.24, 2.45) is 5.92 Å². The molecule has 0 bridgehead atoms. The van der Waals surface area contributed by atoms with Gasteiger partial charge in [-0.25, -0.2) is 0 Å². The molecule has 3 rings (SSSR count). The Balaban J connectivity index is 1.81. The first kappa shape index (κ1) is 12.2. The zero-order valence-corrected chi connectivity index (χ0v) is 11.1. The number of nitrogens with one attached hydrogen (secondary N) is 2. The van der Waals surface area contributed by atoms with Gasteiger partial charge in [-0.1, -0.05) is 29.8 Å². The van der Waals surface area contributed by atoms with Crippen LogP contribution in [0.3, 0.4) is 0 Å². The summed E-state index contributed by atoms with van der Waals surface area (Å²) in [6.07, 6.45) is 0.929. The second kappa shape index (κ2) is 5.02. The highest BCUT2D eigenvalue weighted by molar-refractivity contribution is 5.96. The summed E-state index contributed by atoms with van der Waals surface area (Å²) in [5.74, 6) is 0.227. The zero-order chi connectivity index (χ0) is 13.2. The molecule has 2 N–H and O–H groups in total. The van der Waals surface area contributed by atoms with E-state index in [-0.39, 0.29) is 11.8 Å². The number of anilines is 1. The summed E-state index contributed by atoms with van der Waals surface area (Å²) in [6, 6.07) is 12.4. The number of amides is 1. The third-order valence-corrected chi connectivity index (χ3v) is 3.69. The largest absolute Gasteiger partial charge is 0.326 e. The van der Waals surface area contributed by atoms with Gasteiger partial charge in [-0.05, 0) is 42.8 Å². The molecular formula is C16H18N2O. The first-order valence-electron chi connectivity index (χ1n) is 6.74. The number of fused-ring (bicyclic) bond motifs is 1. The quantitative estimate of drug-likeness (QED) is 0.865. The Bertz CT molecular complexity index is 615. The summed E-state index contributed by atoms with van der Waals surface area (Å²) >= 11 is 0. The maximum atomic E-state index is 12.1. The van der Waals surface area contributed by atoms with Crippen molar-refractivity contribution in [3.63, 3.8) is 0 Å². The van der Waals surface area contributed by atoms with Gasteiger partial charge in [-0.2, -0.15) is 0 Å². The van der Waals surface area contributed by atoms with Gasteiger partial charge in [0.1, 0.15) is 0 Å². The van der Waals surface area contributed by atoms with E-state index in [0.29, 0.717) is 0 Å². The number of benzene rings is 2. The van der Waals surface area contributed by atoms with Gasteiger partial charge in [0.2, 0.25) is 5.91 Å². The van der Waals surface area contributed by atoms with Crippen molar-refractivity contribution in [1.82, 2.24) is 5.32 Å². The predicted octanol–water partition coefficient (Wildman–Crippen LogP) is 2.70. The molecule has 1 saturated heterocycles. The van der Waals surface area contributed by atoms with Crippen LogP contribution in [0.1, 0.15) is 12.0 Å². The highest BCUT2D eigenvalue weighted by atomic mass is 16.1. The van der Waals surface area contributed by atoms with Crippen molar-refractivity contribution in [1.29, 1.82) is 0 Å². The smallest absolute Gasteiger partial charge is 0.228 e. The van der Waals surface area contributed by atoms with E-state index in [1.54, 1.807) is 0 Å². The van der Waals surface area contributed by atoms with Crippen LogP contribution >= 0.6 is 0 Å². The lowest BCUT2D eigenvalue weighted by Gasteiger charge is -2.10. The van der Waals surface area contributed by atoms with Crippen molar-refractivity contribution in [3.05, 3.63) is 42.0 Å². The summed E-state index contributed by atoms with van der Waals surface area (Å²) in [4.78, 5) is 12.1. The molecule has 0 radical (unpaired) electrons. The molecule has 1 aliphatic rings. The molecule has 3 heteroatoms. The number of carbonyl (C=O) groups is 1. The first-order valence-corrected chi connectivity index (χ1v) is 6.74. The van der Waals surface area contributed by atoms with E-state index in [4.69, 9.17) is 0 Å². The van der Waals surface area contributed by atoms with Gasteiger partial charge in [0.05, 0.1) is 5.92 Å². The minimum atomic E-state index is 0.105. The molecule has 98 valence electrons. The van der Waals surface area contributed by atoms with Gasteiger partial charge in [-0.3, -0.25) is 4.79 Å². The fourth-order valence-electron chi connectivity index (χ4n) is 2.57. The molecule has 1 atom stereocenters. The minimum absolute atomic E-state index is 0.105. The fraction of sp³-hybridized carbons (Fsp3) is 0.312. The molecule has 1 aliphatic heterocycles. The fourth-order valence-corrected chi connectivity index (χ4v) is 2.57. The molecule has 2 aromatic carbocycles. The third kappa shape index (κ3) is 2.61. The van der Waals surface area contributed by atoms with Crippen LogP contribution < -0.4 is 10.6 Å². The molecule has 1 heterocycles. The maximum absolute atomic E-state index is 12.1.